The van der Waals surface area contributed by atoms with E-state index in [9.17, 15) is 0 Å². The van der Waals surface area contributed by atoms with Crippen LogP contribution in [0.1, 0.15) is 68.7 Å². The molecular formula is C17H29N3. The molecule has 20 heavy (non-hydrogen) atoms. The molecule has 112 valence electrons. The molecule has 3 heteroatoms. The van der Waals surface area contributed by atoms with Gasteiger partial charge in [0.25, 0.3) is 0 Å². The van der Waals surface area contributed by atoms with Gasteiger partial charge in [0.2, 0.25) is 0 Å². The number of aromatic nitrogens is 2. The summed E-state index contributed by atoms with van der Waals surface area (Å²) in [6, 6.07) is 0.795. The van der Waals surface area contributed by atoms with E-state index in [2.05, 4.69) is 39.9 Å². The standard InChI is InChI=1S/C17H29N3/c1-6-12(3)17-19-13(4)16(14(5)20-17)9-11(2)10-18-15-7-8-15/h11-12,15,18H,6-10H2,1-5H3. The van der Waals surface area contributed by atoms with Crippen molar-refractivity contribution >= 4 is 0 Å². The summed E-state index contributed by atoms with van der Waals surface area (Å²) in [4.78, 5) is 9.47. The van der Waals surface area contributed by atoms with Crippen molar-refractivity contribution in [3.05, 3.63) is 22.8 Å². The Kier molecular flexibility index (Phi) is 5.14. The molecule has 0 aromatic carbocycles. The predicted molar refractivity (Wildman–Crippen MR) is 84.1 cm³/mol. The summed E-state index contributed by atoms with van der Waals surface area (Å²) in [6.07, 6.45) is 4.90. The van der Waals surface area contributed by atoms with Gasteiger partial charge in [0.1, 0.15) is 5.82 Å². The third-order valence-corrected chi connectivity index (χ3v) is 4.38. The second-order valence-corrected chi connectivity index (χ2v) is 6.53. The Balaban J connectivity index is 2.02. The fourth-order valence-electron chi connectivity index (χ4n) is 2.54. The molecule has 1 aromatic rings. The zero-order valence-corrected chi connectivity index (χ0v) is 13.7. The molecule has 0 bridgehead atoms. The smallest absolute Gasteiger partial charge is 0.131 e. The summed E-state index contributed by atoms with van der Waals surface area (Å²) in [5, 5.41) is 3.61. The zero-order valence-electron chi connectivity index (χ0n) is 13.7. The average molecular weight is 275 g/mol. The number of nitrogens with one attached hydrogen (secondary N) is 1. The Hall–Kier alpha value is -0.960. The Morgan fingerprint density at radius 1 is 1.15 bits per heavy atom. The largest absolute Gasteiger partial charge is 0.314 e. The van der Waals surface area contributed by atoms with Gasteiger partial charge in [-0.3, -0.25) is 0 Å². The van der Waals surface area contributed by atoms with Gasteiger partial charge < -0.3 is 5.32 Å². The van der Waals surface area contributed by atoms with E-state index in [-0.39, 0.29) is 0 Å². The molecule has 3 nitrogen and oxygen atoms in total. The van der Waals surface area contributed by atoms with Crippen LogP contribution in [0.2, 0.25) is 0 Å². The van der Waals surface area contributed by atoms with E-state index in [1.54, 1.807) is 0 Å². The lowest BCUT2D eigenvalue weighted by Crippen LogP contribution is -2.25. The molecule has 1 heterocycles. The van der Waals surface area contributed by atoms with Gasteiger partial charge in [-0.15, -0.1) is 0 Å². The first-order valence-corrected chi connectivity index (χ1v) is 8.08. The van der Waals surface area contributed by atoms with E-state index < -0.39 is 0 Å². The average Bonchev–Trinajstić information content (AvgIpc) is 3.23. The SMILES string of the molecule is CCC(C)c1nc(C)c(CC(C)CNC2CC2)c(C)n1. The molecule has 1 aromatic heterocycles. The van der Waals surface area contributed by atoms with Gasteiger partial charge in [-0.25, -0.2) is 9.97 Å². The highest BCUT2D eigenvalue weighted by molar-refractivity contribution is 5.25. The summed E-state index contributed by atoms with van der Waals surface area (Å²) >= 11 is 0. The van der Waals surface area contributed by atoms with Crippen LogP contribution in [-0.4, -0.2) is 22.6 Å². The molecule has 1 saturated carbocycles. The summed E-state index contributed by atoms with van der Waals surface area (Å²) in [5.74, 6) is 2.11. The van der Waals surface area contributed by atoms with Crippen molar-refractivity contribution in [2.75, 3.05) is 6.54 Å². The van der Waals surface area contributed by atoms with Crippen LogP contribution in [-0.2, 0) is 6.42 Å². The van der Waals surface area contributed by atoms with Crippen molar-refractivity contribution < 1.29 is 0 Å². The van der Waals surface area contributed by atoms with E-state index in [0.717, 1.165) is 31.3 Å². The van der Waals surface area contributed by atoms with Crippen LogP contribution in [0.5, 0.6) is 0 Å². The van der Waals surface area contributed by atoms with Crippen LogP contribution in [0.15, 0.2) is 0 Å². The Morgan fingerprint density at radius 2 is 1.75 bits per heavy atom. The topological polar surface area (TPSA) is 37.8 Å². The molecule has 0 spiro atoms. The first-order valence-electron chi connectivity index (χ1n) is 8.08. The second kappa shape index (κ2) is 6.66. The van der Waals surface area contributed by atoms with Gasteiger partial charge in [-0.05, 0) is 57.6 Å². The fraction of sp³-hybridized carbons (Fsp3) is 0.765. The monoisotopic (exact) mass is 275 g/mol. The Morgan fingerprint density at radius 3 is 2.25 bits per heavy atom. The van der Waals surface area contributed by atoms with Crippen molar-refractivity contribution in [2.24, 2.45) is 5.92 Å². The highest BCUT2D eigenvalue weighted by Gasteiger charge is 2.21. The number of aryl methyl sites for hydroxylation is 2. The summed E-state index contributed by atoms with van der Waals surface area (Å²) in [7, 11) is 0. The van der Waals surface area contributed by atoms with Crippen molar-refractivity contribution in [1.29, 1.82) is 0 Å². The predicted octanol–water partition coefficient (Wildman–Crippen LogP) is 3.54. The summed E-state index contributed by atoms with van der Waals surface area (Å²) < 4.78 is 0. The minimum Gasteiger partial charge on any atom is -0.314 e. The third-order valence-electron chi connectivity index (χ3n) is 4.38. The number of hydrogen-bond donors (Lipinski definition) is 1. The molecule has 1 fully saturated rings. The molecule has 0 amide bonds. The quantitative estimate of drug-likeness (QED) is 0.827. The lowest BCUT2D eigenvalue weighted by Gasteiger charge is -2.17. The molecule has 0 saturated heterocycles. The van der Waals surface area contributed by atoms with Crippen LogP contribution in [0.25, 0.3) is 0 Å². The van der Waals surface area contributed by atoms with Crippen molar-refractivity contribution in [1.82, 2.24) is 15.3 Å². The number of hydrogen-bond acceptors (Lipinski definition) is 3. The maximum absolute atomic E-state index is 4.73. The Bertz CT molecular complexity index is 429. The van der Waals surface area contributed by atoms with E-state index in [1.165, 1.54) is 29.8 Å². The van der Waals surface area contributed by atoms with Crippen LogP contribution >= 0.6 is 0 Å². The van der Waals surface area contributed by atoms with Gasteiger partial charge in [0.05, 0.1) is 0 Å². The molecule has 1 N–H and O–H groups in total. The normalized spacial score (nSPS) is 18.1. The first kappa shape index (κ1) is 15.4. The minimum absolute atomic E-state index is 0.454. The maximum Gasteiger partial charge on any atom is 0.131 e. The molecule has 0 radical (unpaired) electrons. The molecule has 2 atom stereocenters. The lowest BCUT2D eigenvalue weighted by molar-refractivity contribution is 0.504. The molecule has 0 aliphatic heterocycles. The minimum atomic E-state index is 0.454. The third kappa shape index (κ3) is 4.02. The maximum atomic E-state index is 4.73. The fourth-order valence-corrected chi connectivity index (χ4v) is 2.54. The van der Waals surface area contributed by atoms with E-state index in [0.29, 0.717) is 11.8 Å². The van der Waals surface area contributed by atoms with Crippen molar-refractivity contribution in [3.63, 3.8) is 0 Å². The van der Waals surface area contributed by atoms with Crippen LogP contribution in [0.4, 0.5) is 0 Å². The van der Waals surface area contributed by atoms with Gasteiger partial charge in [-0.1, -0.05) is 20.8 Å². The summed E-state index contributed by atoms with van der Waals surface area (Å²) in [6.45, 7) is 12.1. The van der Waals surface area contributed by atoms with Gasteiger partial charge in [0.15, 0.2) is 0 Å². The van der Waals surface area contributed by atoms with Crippen molar-refractivity contribution in [2.45, 2.75) is 72.3 Å². The van der Waals surface area contributed by atoms with Gasteiger partial charge in [-0.2, -0.15) is 0 Å². The summed E-state index contributed by atoms with van der Waals surface area (Å²) in [5.41, 5.74) is 3.69. The van der Waals surface area contributed by atoms with Crippen molar-refractivity contribution in [3.8, 4) is 0 Å². The van der Waals surface area contributed by atoms with E-state index >= 15 is 0 Å². The molecule has 1 aliphatic carbocycles. The highest BCUT2D eigenvalue weighted by atomic mass is 14.9. The molecule has 2 rings (SSSR count). The van der Waals surface area contributed by atoms with Crippen LogP contribution in [0.3, 0.4) is 0 Å². The second-order valence-electron chi connectivity index (χ2n) is 6.53. The molecular weight excluding hydrogens is 246 g/mol. The van der Waals surface area contributed by atoms with E-state index in [4.69, 9.17) is 9.97 Å². The van der Waals surface area contributed by atoms with E-state index in [1.807, 2.05) is 0 Å². The lowest BCUT2D eigenvalue weighted by atomic mass is 9.98. The van der Waals surface area contributed by atoms with Crippen LogP contribution < -0.4 is 5.32 Å². The van der Waals surface area contributed by atoms with Gasteiger partial charge in [0, 0.05) is 23.3 Å². The van der Waals surface area contributed by atoms with Crippen LogP contribution in [0, 0.1) is 19.8 Å². The Labute approximate surface area is 123 Å². The zero-order chi connectivity index (χ0) is 14.7. The molecule has 2 unspecified atom stereocenters. The first-order chi connectivity index (χ1) is 9.51. The highest BCUT2D eigenvalue weighted by Crippen LogP contribution is 2.22. The molecule has 1 aliphatic rings. The van der Waals surface area contributed by atoms with Gasteiger partial charge >= 0.3 is 0 Å². The number of nitrogens with zero attached hydrogens (tertiary/aromatic N) is 2. The number of rotatable bonds is 7.